The molecule has 110 valence electrons. The maximum atomic E-state index is 10.5. The molecule has 0 spiro atoms. The third kappa shape index (κ3) is 5.48. The Hall–Kier alpha value is -2.00. The van der Waals surface area contributed by atoms with Gasteiger partial charge in [-0.3, -0.25) is 4.79 Å². The maximum Gasteiger partial charge on any atom is 0.303 e. The summed E-state index contributed by atoms with van der Waals surface area (Å²) in [6.07, 6.45) is 1.62. The van der Waals surface area contributed by atoms with Gasteiger partial charge in [-0.15, -0.1) is 0 Å². The molecule has 0 saturated carbocycles. The van der Waals surface area contributed by atoms with Crippen LogP contribution in [-0.2, 0) is 17.8 Å². The van der Waals surface area contributed by atoms with Gasteiger partial charge in [0.15, 0.2) is 0 Å². The van der Waals surface area contributed by atoms with Crippen LogP contribution in [-0.4, -0.2) is 11.1 Å². The molecule has 0 saturated heterocycles. The van der Waals surface area contributed by atoms with E-state index in [0.717, 1.165) is 23.3 Å². The molecule has 0 aliphatic heterocycles. The summed E-state index contributed by atoms with van der Waals surface area (Å²) in [6, 6.07) is 15.3. The van der Waals surface area contributed by atoms with E-state index in [1.54, 1.807) is 0 Å². The predicted molar refractivity (Wildman–Crippen MR) is 82.8 cm³/mol. The van der Waals surface area contributed by atoms with Gasteiger partial charge in [0.05, 0.1) is 0 Å². The molecule has 0 aromatic heterocycles. The lowest BCUT2D eigenvalue weighted by Gasteiger charge is -2.07. The van der Waals surface area contributed by atoms with Crippen molar-refractivity contribution in [2.45, 2.75) is 25.9 Å². The van der Waals surface area contributed by atoms with Gasteiger partial charge in [-0.2, -0.15) is 0 Å². The van der Waals surface area contributed by atoms with E-state index in [2.05, 4.69) is 0 Å². The van der Waals surface area contributed by atoms with Crippen molar-refractivity contribution in [1.29, 1.82) is 0 Å². The highest BCUT2D eigenvalue weighted by Crippen LogP contribution is 2.16. The average molecular weight is 305 g/mol. The topological polar surface area (TPSA) is 46.5 Å². The third-order valence-electron chi connectivity index (χ3n) is 3.10. The summed E-state index contributed by atoms with van der Waals surface area (Å²) in [7, 11) is 0. The first-order valence-corrected chi connectivity index (χ1v) is 7.19. The molecule has 0 aliphatic carbocycles. The van der Waals surface area contributed by atoms with Crippen LogP contribution in [0.15, 0.2) is 48.5 Å². The van der Waals surface area contributed by atoms with Crippen molar-refractivity contribution in [3.8, 4) is 5.75 Å². The summed E-state index contributed by atoms with van der Waals surface area (Å²) < 4.78 is 5.69. The number of carboxylic acids is 1. The van der Waals surface area contributed by atoms with Crippen LogP contribution in [0.3, 0.4) is 0 Å². The Labute approximate surface area is 129 Å². The van der Waals surface area contributed by atoms with Gasteiger partial charge in [-0.05, 0) is 48.2 Å². The van der Waals surface area contributed by atoms with Crippen LogP contribution in [0.1, 0.15) is 24.0 Å². The summed E-state index contributed by atoms with van der Waals surface area (Å²) >= 11 is 5.83. The van der Waals surface area contributed by atoms with Crippen LogP contribution in [0.25, 0.3) is 0 Å². The quantitative estimate of drug-likeness (QED) is 0.828. The molecular formula is C17H17ClO3. The number of aryl methyl sites for hydroxylation is 1. The molecule has 2 rings (SSSR count). The minimum Gasteiger partial charge on any atom is -0.489 e. The molecule has 21 heavy (non-hydrogen) atoms. The Kier molecular flexibility index (Phi) is 5.64. The Morgan fingerprint density at radius 2 is 1.62 bits per heavy atom. The van der Waals surface area contributed by atoms with Crippen LogP contribution < -0.4 is 4.74 Å². The van der Waals surface area contributed by atoms with E-state index in [1.165, 1.54) is 0 Å². The SMILES string of the molecule is O=C(O)CCCc1ccc(OCc2ccc(Cl)cc2)cc1. The van der Waals surface area contributed by atoms with Gasteiger partial charge >= 0.3 is 5.97 Å². The number of hydrogen-bond acceptors (Lipinski definition) is 2. The van der Waals surface area contributed by atoms with Crippen molar-refractivity contribution >= 4 is 17.6 Å². The third-order valence-corrected chi connectivity index (χ3v) is 3.35. The summed E-state index contributed by atoms with van der Waals surface area (Å²) in [4.78, 5) is 10.5. The molecule has 0 unspecified atom stereocenters. The van der Waals surface area contributed by atoms with E-state index in [4.69, 9.17) is 21.4 Å². The standard InChI is InChI=1S/C17H17ClO3/c18-15-8-4-14(5-9-15)12-21-16-10-6-13(7-11-16)2-1-3-17(19)20/h4-11H,1-3,12H2,(H,19,20). The minimum atomic E-state index is -0.752. The van der Waals surface area contributed by atoms with Gasteiger partial charge < -0.3 is 9.84 Å². The van der Waals surface area contributed by atoms with E-state index < -0.39 is 5.97 Å². The highest BCUT2D eigenvalue weighted by Gasteiger charge is 2.00. The highest BCUT2D eigenvalue weighted by molar-refractivity contribution is 6.30. The largest absolute Gasteiger partial charge is 0.489 e. The fourth-order valence-electron chi connectivity index (χ4n) is 1.94. The van der Waals surface area contributed by atoms with Crippen molar-refractivity contribution < 1.29 is 14.6 Å². The molecule has 4 heteroatoms. The average Bonchev–Trinajstić information content (AvgIpc) is 2.48. The normalized spacial score (nSPS) is 10.3. The molecule has 1 N–H and O–H groups in total. The fraction of sp³-hybridized carbons (Fsp3) is 0.235. The molecule has 3 nitrogen and oxygen atoms in total. The Morgan fingerprint density at radius 3 is 2.24 bits per heavy atom. The van der Waals surface area contributed by atoms with Crippen molar-refractivity contribution in [2.24, 2.45) is 0 Å². The summed E-state index contributed by atoms with van der Waals surface area (Å²) in [6.45, 7) is 0.496. The van der Waals surface area contributed by atoms with Crippen molar-refractivity contribution in [3.63, 3.8) is 0 Å². The van der Waals surface area contributed by atoms with Crippen LogP contribution in [0.2, 0.25) is 5.02 Å². The van der Waals surface area contributed by atoms with Crippen LogP contribution in [0, 0.1) is 0 Å². The minimum absolute atomic E-state index is 0.203. The molecule has 0 aliphatic rings. The number of halogens is 1. The second kappa shape index (κ2) is 7.70. The van der Waals surface area contributed by atoms with Gasteiger partial charge in [0, 0.05) is 11.4 Å². The maximum absolute atomic E-state index is 10.5. The van der Waals surface area contributed by atoms with Crippen molar-refractivity contribution in [1.82, 2.24) is 0 Å². The molecule has 0 bridgehead atoms. The molecule has 0 radical (unpaired) electrons. The summed E-state index contributed by atoms with van der Waals surface area (Å²) in [5, 5.41) is 9.32. The van der Waals surface area contributed by atoms with E-state index in [9.17, 15) is 4.79 Å². The van der Waals surface area contributed by atoms with Gasteiger partial charge in [0.25, 0.3) is 0 Å². The Balaban J connectivity index is 1.81. The number of aliphatic carboxylic acids is 1. The summed E-state index contributed by atoms with van der Waals surface area (Å²) in [5.74, 6) is 0.0462. The van der Waals surface area contributed by atoms with Crippen LogP contribution in [0.5, 0.6) is 5.75 Å². The van der Waals surface area contributed by atoms with Gasteiger partial charge in [-0.1, -0.05) is 35.9 Å². The van der Waals surface area contributed by atoms with Crippen molar-refractivity contribution in [2.75, 3.05) is 0 Å². The zero-order valence-electron chi connectivity index (χ0n) is 11.6. The number of rotatable bonds is 7. The lowest BCUT2D eigenvalue weighted by molar-refractivity contribution is -0.137. The van der Waals surface area contributed by atoms with E-state index in [-0.39, 0.29) is 6.42 Å². The monoisotopic (exact) mass is 304 g/mol. The highest BCUT2D eigenvalue weighted by atomic mass is 35.5. The second-order valence-electron chi connectivity index (χ2n) is 4.81. The molecule has 0 atom stereocenters. The fourth-order valence-corrected chi connectivity index (χ4v) is 2.07. The van der Waals surface area contributed by atoms with Crippen molar-refractivity contribution in [3.05, 3.63) is 64.7 Å². The van der Waals surface area contributed by atoms with Crippen LogP contribution in [0.4, 0.5) is 0 Å². The molecule has 2 aromatic carbocycles. The smallest absolute Gasteiger partial charge is 0.303 e. The first-order chi connectivity index (χ1) is 10.1. The number of carboxylic acid groups (broad SMARTS) is 1. The molecule has 0 heterocycles. The predicted octanol–water partition coefficient (Wildman–Crippen LogP) is 4.33. The molecule has 2 aromatic rings. The lowest BCUT2D eigenvalue weighted by atomic mass is 10.1. The number of benzene rings is 2. The van der Waals surface area contributed by atoms with Gasteiger partial charge in [-0.25, -0.2) is 0 Å². The zero-order valence-corrected chi connectivity index (χ0v) is 12.3. The Bertz CT molecular complexity index is 576. The molecule has 0 fully saturated rings. The summed E-state index contributed by atoms with van der Waals surface area (Å²) in [5.41, 5.74) is 2.18. The van der Waals surface area contributed by atoms with E-state index in [0.29, 0.717) is 18.1 Å². The van der Waals surface area contributed by atoms with Crippen LogP contribution >= 0.6 is 11.6 Å². The lowest BCUT2D eigenvalue weighted by Crippen LogP contribution is -1.97. The number of ether oxygens (including phenoxy) is 1. The first-order valence-electron chi connectivity index (χ1n) is 6.81. The molecule has 0 amide bonds. The number of carbonyl (C=O) groups is 1. The zero-order chi connectivity index (χ0) is 15.1. The number of hydrogen-bond donors (Lipinski definition) is 1. The Morgan fingerprint density at radius 1 is 1.00 bits per heavy atom. The van der Waals surface area contributed by atoms with Gasteiger partial charge in [0.2, 0.25) is 0 Å². The first kappa shape index (κ1) is 15.4. The second-order valence-corrected chi connectivity index (χ2v) is 5.24. The molecular weight excluding hydrogens is 288 g/mol. The van der Waals surface area contributed by atoms with E-state index in [1.807, 2.05) is 48.5 Å². The van der Waals surface area contributed by atoms with Gasteiger partial charge in [0.1, 0.15) is 12.4 Å². The van der Waals surface area contributed by atoms with E-state index >= 15 is 0 Å².